The fraction of sp³-hybridized carbons (Fsp3) is 0.188. The van der Waals surface area contributed by atoms with Gasteiger partial charge in [-0.3, -0.25) is 5.41 Å². The third kappa shape index (κ3) is 3.81. The number of ether oxygens (including phenoxy) is 2. The second-order valence-electron chi connectivity index (χ2n) is 4.92. The van der Waals surface area contributed by atoms with Gasteiger partial charge in [0.05, 0.1) is 17.6 Å². The molecule has 0 aliphatic rings. The summed E-state index contributed by atoms with van der Waals surface area (Å²) < 4.78 is 34.6. The van der Waals surface area contributed by atoms with E-state index in [1.807, 2.05) is 0 Å². The van der Waals surface area contributed by atoms with Crippen LogP contribution in [0.1, 0.15) is 11.1 Å². The first-order chi connectivity index (χ1) is 10.8. The molecule has 0 amide bonds. The van der Waals surface area contributed by atoms with E-state index in [0.29, 0.717) is 22.6 Å². The predicted molar refractivity (Wildman–Crippen MR) is 87.9 cm³/mol. The van der Waals surface area contributed by atoms with Crippen molar-refractivity contribution in [2.45, 2.75) is 11.5 Å². The van der Waals surface area contributed by atoms with Crippen molar-refractivity contribution in [2.24, 2.45) is 5.73 Å². The number of nitrogens with two attached hydrogens (primary N) is 1. The Morgan fingerprint density at radius 3 is 2.48 bits per heavy atom. The van der Waals surface area contributed by atoms with Crippen LogP contribution in [0, 0.1) is 5.41 Å². The molecule has 0 spiro atoms. The lowest BCUT2D eigenvalue weighted by atomic mass is 10.1. The van der Waals surface area contributed by atoms with Gasteiger partial charge in [-0.05, 0) is 18.2 Å². The van der Waals surface area contributed by atoms with E-state index in [0.717, 1.165) is 6.26 Å². The second kappa shape index (κ2) is 6.70. The highest BCUT2D eigenvalue weighted by Gasteiger charge is 2.16. The average molecular weight is 334 g/mol. The molecule has 0 heterocycles. The summed E-state index contributed by atoms with van der Waals surface area (Å²) in [5, 5.41) is 7.62. The number of nitrogens with one attached hydrogen (secondary N) is 1. The number of methoxy groups -OCH3 is 1. The quantitative estimate of drug-likeness (QED) is 0.621. The van der Waals surface area contributed by atoms with Crippen LogP contribution in [-0.2, 0) is 16.4 Å². The maximum Gasteiger partial charge on any atom is 0.175 e. The third-order valence-electron chi connectivity index (χ3n) is 3.23. The molecule has 0 fully saturated rings. The minimum atomic E-state index is -3.36. The highest BCUT2D eigenvalue weighted by Crippen LogP contribution is 2.32. The zero-order valence-corrected chi connectivity index (χ0v) is 13.7. The molecule has 0 saturated carbocycles. The fourth-order valence-electron chi connectivity index (χ4n) is 2.17. The summed E-state index contributed by atoms with van der Waals surface area (Å²) in [6.45, 7) is 0.0178. The van der Waals surface area contributed by atoms with Gasteiger partial charge in [-0.25, -0.2) is 8.42 Å². The molecular weight excluding hydrogens is 316 g/mol. The molecule has 3 N–H and O–H groups in total. The Labute approximate surface area is 135 Å². The van der Waals surface area contributed by atoms with Crippen LogP contribution >= 0.6 is 0 Å². The number of hydrogen-bond donors (Lipinski definition) is 2. The van der Waals surface area contributed by atoms with Crippen molar-refractivity contribution >= 4 is 15.7 Å². The Morgan fingerprint density at radius 2 is 1.87 bits per heavy atom. The molecule has 0 aliphatic carbocycles. The highest BCUT2D eigenvalue weighted by molar-refractivity contribution is 7.90. The van der Waals surface area contributed by atoms with E-state index in [4.69, 9.17) is 20.6 Å². The molecule has 2 rings (SSSR count). The molecule has 0 atom stereocenters. The van der Waals surface area contributed by atoms with Gasteiger partial charge in [0.1, 0.15) is 12.4 Å². The van der Waals surface area contributed by atoms with Gasteiger partial charge >= 0.3 is 0 Å². The number of sulfone groups is 1. The van der Waals surface area contributed by atoms with E-state index in [2.05, 4.69) is 0 Å². The summed E-state index contributed by atoms with van der Waals surface area (Å²) in [6.07, 6.45) is 1.15. The van der Waals surface area contributed by atoms with E-state index < -0.39 is 9.84 Å². The van der Waals surface area contributed by atoms with Crippen LogP contribution in [0.4, 0.5) is 0 Å². The van der Waals surface area contributed by atoms with Crippen molar-refractivity contribution in [3.8, 4) is 11.5 Å². The van der Waals surface area contributed by atoms with E-state index in [9.17, 15) is 8.42 Å². The van der Waals surface area contributed by atoms with Crippen LogP contribution < -0.4 is 15.2 Å². The molecule has 0 radical (unpaired) electrons. The number of amidine groups is 1. The molecule has 6 nitrogen and oxygen atoms in total. The Morgan fingerprint density at radius 1 is 1.17 bits per heavy atom. The zero-order chi connectivity index (χ0) is 17.0. The predicted octanol–water partition coefficient (Wildman–Crippen LogP) is 1.96. The van der Waals surface area contributed by atoms with Crippen molar-refractivity contribution < 1.29 is 17.9 Å². The van der Waals surface area contributed by atoms with Crippen LogP contribution in [0.15, 0.2) is 47.4 Å². The summed E-state index contributed by atoms with van der Waals surface area (Å²) in [6, 6.07) is 11.6. The highest BCUT2D eigenvalue weighted by atomic mass is 32.2. The molecule has 0 saturated heterocycles. The number of nitrogen functional groups attached to an aromatic ring is 1. The Bertz CT molecular complexity index is 832. The minimum absolute atomic E-state index is 0.0178. The standard InChI is InChI=1S/C16H18N2O4S/c1-21-13-8-5-7-12(16(17)18)15(13)22-10-11-6-3-4-9-14(11)23(2,19)20/h3-9H,10H2,1-2H3,(H3,17,18). The number of benzene rings is 2. The summed E-state index contributed by atoms with van der Waals surface area (Å²) in [5.41, 5.74) is 6.47. The van der Waals surface area contributed by atoms with Gasteiger partial charge in [-0.1, -0.05) is 24.3 Å². The van der Waals surface area contributed by atoms with Crippen molar-refractivity contribution in [1.82, 2.24) is 0 Å². The largest absolute Gasteiger partial charge is 0.493 e. The normalized spacial score (nSPS) is 11.0. The Balaban J connectivity index is 2.38. The van der Waals surface area contributed by atoms with Crippen LogP contribution in [0.25, 0.3) is 0 Å². The van der Waals surface area contributed by atoms with Crippen LogP contribution in [0.2, 0.25) is 0 Å². The first-order valence-electron chi connectivity index (χ1n) is 6.76. The molecule has 7 heteroatoms. The van der Waals surface area contributed by atoms with Gasteiger partial charge in [0, 0.05) is 11.8 Å². The summed E-state index contributed by atoms with van der Waals surface area (Å²) in [4.78, 5) is 0.208. The summed E-state index contributed by atoms with van der Waals surface area (Å²) >= 11 is 0. The first kappa shape index (κ1) is 16.8. The van der Waals surface area contributed by atoms with Crippen molar-refractivity contribution in [1.29, 1.82) is 5.41 Å². The monoisotopic (exact) mass is 334 g/mol. The average Bonchev–Trinajstić information content (AvgIpc) is 2.51. The first-order valence-corrected chi connectivity index (χ1v) is 8.66. The maximum absolute atomic E-state index is 11.8. The number of para-hydroxylation sites is 1. The van der Waals surface area contributed by atoms with Crippen molar-refractivity contribution in [2.75, 3.05) is 13.4 Å². The Hall–Kier alpha value is -2.54. The van der Waals surface area contributed by atoms with Crippen LogP contribution in [-0.4, -0.2) is 27.6 Å². The third-order valence-corrected chi connectivity index (χ3v) is 4.43. The molecule has 0 bridgehead atoms. The van der Waals surface area contributed by atoms with Gasteiger partial charge in [-0.2, -0.15) is 0 Å². The smallest absolute Gasteiger partial charge is 0.175 e. The van der Waals surface area contributed by atoms with E-state index in [1.54, 1.807) is 36.4 Å². The topological polar surface area (TPSA) is 102 Å². The lowest BCUT2D eigenvalue weighted by molar-refractivity contribution is 0.281. The molecule has 23 heavy (non-hydrogen) atoms. The van der Waals surface area contributed by atoms with Crippen LogP contribution in [0.3, 0.4) is 0 Å². The lowest BCUT2D eigenvalue weighted by Gasteiger charge is -2.15. The number of rotatable bonds is 6. The van der Waals surface area contributed by atoms with Gasteiger partial charge in [-0.15, -0.1) is 0 Å². The van der Waals surface area contributed by atoms with E-state index >= 15 is 0 Å². The molecule has 2 aromatic rings. The minimum Gasteiger partial charge on any atom is -0.493 e. The molecule has 0 aliphatic heterocycles. The van der Waals surface area contributed by atoms with E-state index in [1.165, 1.54) is 13.2 Å². The SMILES string of the molecule is COc1cccc(C(=N)N)c1OCc1ccccc1S(C)(=O)=O. The van der Waals surface area contributed by atoms with Gasteiger partial charge in [0.2, 0.25) is 0 Å². The van der Waals surface area contributed by atoms with Gasteiger partial charge in [0.25, 0.3) is 0 Å². The Kier molecular flexibility index (Phi) is 4.90. The lowest BCUT2D eigenvalue weighted by Crippen LogP contribution is -2.14. The maximum atomic E-state index is 11.8. The van der Waals surface area contributed by atoms with Gasteiger partial charge < -0.3 is 15.2 Å². The fourth-order valence-corrected chi connectivity index (χ4v) is 3.10. The molecule has 0 unspecified atom stereocenters. The van der Waals surface area contributed by atoms with Crippen molar-refractivity contribution in [3.63, 3.8) is 0 Å². The van der Waals surface area contributed by atoms with Gasteiger partial charge in [0.15, 0.2) is 21.3 Å². The molecular formula is C16H18N2O4S. The molecule has 122 valence electrons. The molecule has 0 aromatic heterocycles. The van der Waals surface area contributed by atoms with Crippen molar-refractivity contribution in [3.05, 3.63) is 53.6 Å². The van der Waals surface area contributed by atoms with Crippen LogP contribution in [0.5, 0.6) is 11.5 Å². The number of hydrogen-bond acceptors (Lipinski definition) is 5. The summed E-state index contributed by atoms with van der Waals surface area (Å²) in [7, 11) is -1.88. The van der Waals surface area contributed by atoms with E-state index in [-0.39, 0.29) is 17.3 Å². The molecule has 2 aromatic carbocycles. The summed E-state index contributed by atoms with van der Waals surface area (Å²) in [5.74, 6) is 0.579. The second-order valence-corrected chi connectivity index (χ2v) is 6.90. The zero-order valence-electron chi connectivity index (χ0n) is 12.9.